The molecule has 0 saturated carbocycles. The molecule has 0 radical (unpaired) electrons. The van der Waals surface area contributed by atoms with Gasteiger partial charge in [0.1, 0.15) is 17.0 Å². The van der Waals surface area contributed by atoms with Crippen LogP contribution in [0.25, 0.3) is 33.6 Å². The summed E-state index contributed by atoms with van der Waals surface area (Å²) in [6.07, 6.45) is 1.77. The van der Waals surface area contributed by atoms with Crippen molar-refractivity contribution in [1.82, 2.24) is 9.88 Å². The molecule has 8 heteroatoms. The molecule has 0 atom stereocenters. The Morgan fingerprint density at radius 2 is 2.00 bits per heavy atom. The van der Waals surface area contributed by atoms with E-state index < -0.39 is 0 Å². The first-order valence-corrected chi connectivity index (χ1v) is 11.3. The Kier molecular flexibility index (Phi) is 6.74. The Morgan fingerprint density at radius 1 is 1.21 bits per heavy atom. The third-order valence-corrected chi connectivity index (χ3v) is 5.83. The van der Waals surface area contributed by atoms with Crippen LogP contribution in [0, 0.1) is 0 Å². The molecule has 0 aliphatic rings. The minimum Gasteiger partial charge on any atom is -0.497 e. The minimum absolute atomic E-state index is 0.0902. The van der Waals surface area contributed by atoms with Crippen LogP contribution in [0.4, 0.5) is 5.13 Å². The summed E-state index contributed by atoms with van der Waals surface area (Å²) in [5.74, 6) is 1.00. The average molecular weight is 464 g/mol. The Balaban J connectivity index is 1.94. The second kappa shape index (κ2) is 9.87. The number of hydrogen-bond acceptors (Lipinski definition) is 7. The number of hydrogen-bond donors (Lipinski definition) is 0. The fourth-order valence-corrected chi connectivity index (χ4v) is 4.34. The van der Waals surface area contributed by atoms with Crippen molar-refractivity contribution in [2.75, 3.05) is 27.8 Å². The highest BCUT2D eigenvalue weighted by Gasteiger charge is 2.25. The number of carbonyl (C=O) groups is 1. The Hall–Kier alpha value is -3.65. The van der Waals surface area contributed by atoms with Gasteiger partial charge in [0, 0.05) is 29.9 Å². The molecule has 4 aromatic rings. The average Bonchev–Trinajstić information content (AvgIpc) is 3.38. The zero-order valence-electron chi connectivity index (χ0n) is 19.0. The first kappa shape index (κ1) is 22.5. The van der Waals surface area contributed by atoms with E-state index in [1.807, 2.05) is 67.5 Å². The van der Waals surface area contributed by atoms with E-state index in [2.05, 4.69) is 4.99 Å². The molecule has 0 bridgehead atoms. The van der Waals surface area contributed by atoms with Crippen LogP contribution in [0.15, 0.2) is 57.9 Å². The maximum absolute atomic E-state index is 12.3. The van der Waals surface area contributed by atoms with Crippen molar-refractivity contribution in [2.45, 2.75) is 13.3 Å². The normalized spacial score (nSPS) is 11.3. The molecule has 33 heavy (non-hydrogen) atoms. The molecule has 4 rings (SSSR count). The maximum atomic E-state index is 12.3. The van der Waals surface area contributed by atoms with Gasteiger partial charge < -0.3 is 18.8 Å². The van der Waals surface area contributed by atoms with Gasteiger partial charge in [0.25, 0.3) is 0 Å². The van der Waals surface area contributed by atoms with E-state index in [4.69, 9.17) is 18.9 Å². The molecule has 170 valence electrons. The van der Waals surface area contributed by atoms with Gasteiger partial charge in [-0.2, -0.15) is 0 Å². The summed E-state index contributed by atoms with van der Waals surface area (Å²) in [4.78, 5) is 24.1. The van der Waals surface area contributed by atoms with Gasteiger partial charge in [-0.15, -0.1) is 0 Å². The van der Waals surface area contributed by atoms with Gasteiger partial charge in [0.2, 0.25) is 5.13 Å². The third-order valence-electron chi connectivity index (χ3n) is 4.87. The second-order valence-corrected chi connectivity index (χ2v) is 8.55. The fraction of sp³-hybridized carbons (Fsp3) is 0.240. The van der Waals surface area contributed by atoms with E-state index in [-0.39, 0.29) is 12.4 Å². The third kappa shape index (κ3) is 4.90. The van der Waals surface area contributed by atoms with Gasteiger partial charge in [-0.1, -0.05) is 41.7 Å². The van der Waals surface area contributed by atoms with E-state index in [0.717, 1.165) is 27.1 Å². The number of thiazole rings is 1. The molecule has 2 heterocycles. The van der Waals surface area contributed by atoms with Gasteiger partial charge >= 0.3 is 5.97 Å². The predicted octanol–water partition coefficient (Wildman–Crippen LogP) is 5.56. The van der Waals surface area contributed by atoms with Crippen molar-refractivity contribution < 1.29 is 18.7 Å². The lowest BCUT2D eigenvalue weighted by Crippen LogP contribution is -2.07. The summed E-state index contributed by atoms with van der Waals surface area (Å²) < 4.78 is 17.0. The molecule has 0 fully saturated rings. The highest BCUT2D eigenvalue weighted by molar-refractivity contribution is 7.15. The monoisotopic (exact) mass is 463 g/mol. The Morgan fingerprint density at radius 3 is 2.70 bits per heavy atom. The van der Waals surface area contributed by atoms with Gasteiger partial charge in [-0.25, -0.2) is 9.98 Å². The number of furan rings is 1. The quantitative estimate of drug-likeness (QED) is 0.193. The number of esters is 1. The highest BCUT2D eigenvalue weighted by atomic mass is 32.1. The number of aliphatic imine (C=N–C) groups is 1. The molecule has 7 nitrogen and oxygen atoms in total. The van der Waals surface area contributed by atoms with Crippen molar-refractivity contribution >= 4 is 39.7 Å². The van der Waals surface area contributed by atoms with Gasteiger partial charge in [0.05, 0.1) is 26.5 Å². The van der Waals surface area contributed by atoms with E-state index in [0.29, 0.717) is 28.8 Å². The van der Waals surface area contributed by atoms with Crippen LogP contribution in [0.3, 0.4) is 0 Å². The molecule has 2 aromatic carbocycles. The summed E-state index contributed by atoms with van der Waals surface area (Å²) in [6.45, 7) is 2.11. The summed E-state index contributed by atoms with van der Waals surface area (Å²) in [5, 5.41) is 1.44. The van der Waals surface area contributed by atoms with E-state index in [9.17, 15) is 4.79 Å². The van der Waals surface area contributed by atoms with Crippen molar-refractivity contribution in [3.05, 3.63) is 53.4 Å². The molecule has 0 saturated heterocycles. The van der Waals surface area contributed by atoms with Crippen LogP contribution >= 0.6 is 11.3 Å². The number of nitrogens with zero attached hydrogens (tertiary/aromatic N) is 3. The summed E-state index contributed by atoms with van der Waals surface area (Å²) in [7, 11) is 5.41. The Bertz CT molecular complexity index is 1290. The van der Waals surface area contributed by atoms with Gasteiger partial charge in [-0.3, -0.25) is 4.79 Å². The topological polar surface area (TPSA) is 77.2 Å². The zero-order valence-corrected chi connectivity index (χ0v) is 19.8. The molecule has 0 unspecified atom stereocenters. The lowest BCUT2D eigenvalue weighted by Gasteiger charge is -2.05. The molecule has 0 spiro atoms. The fourth-order valence-electron chi connectivity index (χ4n) is 3.46. The number of methoxy groups -OCH3 is 1. The molecule has 0 N–H and O–H groups in total. The predicted molar refractivity (Wildman–Crippen MR) is 131 cm³/mol. The number of carbonyl (C=O) groups excluding carboxylic acids is 1. The van der Waals surface area contributed by atoms with Crippen LogP contribution in [0.1, 0.15) is 11.8 Å². The van der Waals surface area contributed by atoms with Gasteiger partial charge in [0.15, 0.2) is 5.76 Å². The molecular weight excluding hydrogens is 438 g/mol. The van der Waals surface area contributed by atoms with Crippen molar-refractivity contribution in [3.8, 4) is 28.3 Å². The van der Waals surface area contributed by atoms with E-state index >= 15 is 0 Å². The van der Waals surface area contributed by atoms with Crippen molar-refractivity contribution in [3.63, 3.8) is 0 Å². The second-order valence-electron chi connectivity index (χ2n) is 7.49. The number of aromatic nitrogens is 1. The molecule has 0 amide bonds. The van der Waals surface area contributed by atoms with Gasteiger partial charge in [-0.05, 0) is 30.7 Å². The standard InChI is InChI=1S/C25H25N3O4S/c1-5-31-21(29)14-20-23(27-25(33-20)26-15-28(2)3)24-22(16-9-7-6-8-10-16)18-13-17(30-4)11-12-19(18)32-24/h6-13,15H,5,14H2,1-4H3/b26-15+. The number of ether oxygens (including phenoxy) is 2. The molecular formula is C25H25N3O4S. The Labute approximate surface area is 196 Å². The first-order valence-electron chi connectivity index (χ1n) is 10.5. The smallest absolute Gasteiger partial charge is 0.311 e. The largest absolute Gasteiger partial charge is 0.497 e. The van der Waals surface area contributed by atoms with Crippen molar-refractivity contribution in [1.29, 1.82) is 0 Å². The van der Waals surface area contributed by atoms with Crippen LogP contribution in [-0.4, -0.2) is 50.0 Å². The number of rotatable bonds is 8. The first-order chi connectivity index (χ1) is 16.0. The van der Waals surface area contributed by atoms with Crippen LogP contribution < -0.4 is 4.74 Å². The maximum Gasteiger partial charge on any atom is 0.311 e. The minimum atomic E-state index is -0.315. The van der Waals surface area contributed by atoms with Crippen molar-refractivity contribution in [2.24, 2.45) is 4.99 Å². The summed E-state index contributed by atoms with van der Waals surface area (Å²) in [5.41, 5.74) is 3.17. The summed E-state index contributed by atoms with van der Waals surface area (Å²) in [6, 6.07) is 15.7. The zero-order chi connectivity index (χ0) is 23.4. The molecule has 0 aliphatic heterocycles. The van der Waals surface area contributed by atoms with Crippen LogP contribution in [-0.2, 0) is 16.0 Å². The SMILES string of the molecule is CCOC(=O)Cc1sc(/N=C/N(C)C)nc1-c1oc2ccc(OC)cc2c1-c1ccccc1. The van der Waals surface area contributed by atoms with Crippen LogP contribution in [0.2, 0.25) is 0 Å². The van der Waals surface area contributed by atoms with E-state index in [1.54, 1.807) is 20.4 Å². The number of benzene rings is 2. The lowest BCUT2D eigenvalue weighted by molar-refractivity contribution is -0.142. The molecule has 0 aliphatic carbocycles. The van der Waals surface area contributed by atoms with Crippen LogP contribution in [0.5, 0.6) is 5.75 Å². The number of fused-ring (bicyclic) bond motifs is 1. The highest BCUT2D eigenvalue weighted by Crippen LogP contribution is 2.44. The molecule has 2 aromatic heterocycles. The summed E-state index contributed by atoms with van der Waals surface area (Å²) >= 11 is 1.35. The van der Waals surface area contributed by atoms with E-state index in [1.165, 1.54) is 11.3 Å². The lowest BCUT2D eigenvalue weighted by atomic mass is 10.00.